The normalized spacial score (nSPS) is 38.3. The van der Waals surface area contributed by atoms with Crippen LogP contribution < -0.4 is 5.32 Å². The minimum Gasteiger partial charge on any atom is -0.310 e. The van der Waals surface area contributed by atoms with Crippen molar-refractivity contribution in [1.29, 1.82) is 0 Å². The van der Waals surface area contributed by atoms with E-state index in [9.17, 15) is 0 Å². The van der Waals surface area contributed by atoms with E-state index in [1.807, 2.05) is 0 Å². The summed E-state index contributed by atoms with van der Waals surface area (Å²) >= 11 is 0. The molecule has 3 aliphatic rings. The lowest BCUT2D eigenvalue weighted by molar-refractivity contribution is 0.0468. The molecule has 2 heteroatoms. The summed E-state index contributed by atoms with van der Waals surface area (Å²) in [7, 11) is 0. The summed E-state index contributed by atoms with van der Waals surface area (Å²) in [5.74, 6) is 0.949. The summed E-state index contributed by atoms with van der Waals surface area (Å²) in [5.41, 5.74) is 0.900. The molecule has 0 aromatic rings. The fraction of sp³-hybridized carbons (Fsp3) is 1.00. The molecule has 1 N–H and O–H groups in total. The van der Waals surface area contributed by atoms with Crippen LogP contribution >= 0.6 is 0 Å². The molecule has 104 valence electrons. The van der Waals surface area contributed by atoms with Crippen LogP contribution in [0.1, 0.15) is 65.2 Å². The molecule has 0 radical (unpaired) electrons. The number of hydrogen-bond donors (Lipinski definition) is 1. The SMILES string of the molecule is CC1(C2CC2)CN(C2(C)CCCCC2)CCCN1. The first kappa shape index (κ1) is 12.9. The van der Waals surface area contributed by atoms with E-state index in [1.54, 1.807) is 0 Å². The quantitative estimate of drug-likeness (QED) is 0.810. The van der Waals surface area contributed by atoms with E-state index in [-0.39, 0.29) is 0 Å². The van der Waals surface area contributed by atoms with Crippen molar-refractivity contribution in [3.8, 4) is 0 Å². The molecule has 0 aromatic heterocycles. The average molecular weight is 250 g/mol. The Morgan fingerprint density at radius 3 is 2.39 bits per heavy atom. The first-order valence-corrected chi connectivity index (χ1v) is 8.13. The summed E-state index contributed by atoms with van der Waals surface area (Å²) in [6.07, 6.45) is 11.4. The summed E-state index contributed by atoms with van der Waals surface area (Å²) in [4.78, 5) is 2.85. The van der Waals surface area contributed by atoms with Gasteiger partial charge < -0.3 is 5.32 Å². The number of rotatable bonds is 2. The fourth-order valence-electron chi connectivity index (χ4n) is 4.26. The Kier molecular flexibility index (Phi) is 3.44. The molecule has 2 nitrogen and oxygen atoms in total. The summed E-state index contributed by atoms with van der Waals surface area (Å²) in [5, 5.41) is 3.86. The van der Waals surface area contributed by atoms with Crippen molar-refractivity contribution in [3.05, 3.63) is 0 Å². The predicted molar refractivity (Wildman–Crippen MR) is 76.8 cm³/mol. The Bertz CT molecular complexity index is 291. The van der Waals surface area contributed by atoms with Crippen molar-refractivity contribution in [2.24, 2.45) is 5.92 Å². The highest BCUT2D eigenvalue weighted by atomic mass is 15.2. The van der Waals surface area contributed by atoms with Gasteiger partial charge in [0.15, 0.2) is 0 Å². The second-order valence-electron chi connectivity index (χ2n) is 7.45. The van der Waals surface area contributed by atoms with Crippen molar-refractivity contribution in [1.82, 2.24) is 10.2 Å². The third kappa shape index (κ3) is 2.46. The van der Waals surface area contributed by atoms with Gasteiger partial charge in [-0.15, -0.1) is 0 Å². The molecule has 0 spiro atoms. The molecule has 2 aliphatic carbocycles. The Morgan fingerprint density at radius 2 is 1.72 bits per heavy atom. The predicted octanol–water partition coefficient (Wildman–Crippen LogP) is 3.17. The highest BCUT2D eigenvalue weighted by Crippen LogP contribution is 2.43. The van der Waals surface area contributed by atoms with E-state index < -0.39 is 0 Å². The van der Waals surface area contributed by atoms with E-state index in [1.165, 1.54) is 71.0 Å². The Hall–Kier alpha value is -0.0800. The van der Waals surface area contributed by atoms with Crippen LogP contribution in [0, 0.1) is 5.92 Å². The second kappa shape index (κ2) is 4.79. The van der Waals surface area contributed by atoms with Crippen molar-refractivity contribution in [2.45, 2.75) is 76.3 Å². The lowest BCUT2D eigenvalue weighted by Gasteiger charge is -2.47. The van der Waals surface area contributed by atoms with Crippen LogP contribution in [0.5, 0.6) is 0 Å². The van der Waals surface area contributed by atoms with Crippen LogP contribution in [-0.4, -0.2) is 35.6 Å². The Labute approximate surface area is 113 Å². The molecule has 2 saturated carbocycles. The molecule has 3 fully saturated rings. The van der Waals surface area contributed by atoms with Gasteiger partial charge in [0, 0.05) is 17.6 Å². The monoisotopic (exact) mass is 250 g/mol. The van der Waals surface area contributed by atoms with Crippen molar-refractivity contribution < 1.29 is 0 Å². The molecule has 0 amide bonds. The van der Waals surface area contributed by atoms with Crippen LogP contribution in [0.3, 0.4) is 0 Å². The fourth-order valence-corrected chi connectivity index (χ4v) is 4.26. The van der Waals surface area contributed by atoms with Gasteiger partial charge in [-0.2, -0.15) is 0 Å². The van der Waals surface area contributed by atoms with Crippen LogP contribution in [0.25, 0.3) is 0 Å². The van der Waals surface area contributed by atoms with E-state index in [4.69, 9.17) is 0 Å². The smallest absolute Gasteiger partial charge is 0.0308 e. The van der Waals surface area contributed by atoms with Crippen molar-refractivity contribution >= 4 is 0 Å². The van der Waals surface area contributed by atoms with Gasteiger partial charge >= 0.3 is 0 Å². The lowest BCUT2D eigenvalue weighted by atomic mass is 9.80. The number of nitrogens with zero attached hydrogens (tertiary/aromatic N) is 1. The number of hydrogen-bond acceptors (Lipinski definition) is 2. The van der Waals surface area contributed by atoms with Crippen LogP contribution in [0.2, 0.25) is 0 Å². The first-order valence-electron chi connectivity index (χ1n) is 8.13. The van der Waals surface area contributed by atoms with E-state index in [0.717, 1.165) is 5.92 Å². The zero-order valence-corrected chi connectivity index (χ0v) is 12.3. The third-order valence-electron chi connectivity index (χ3n) is 5.83. The minimum atomic E-state index is 0.400. The van der Waals surface area contributed by atoms with Crippen LogP contribution in [0.15, 0.2) is 0 Å². The number of nitrogens with one attached hydrogen (secondary N) is 1. The van der Waals surface area contributed by atoms with Gasteiger partial charge in [-0.25, -0.2) is 0 Å². The highest BCUT2D eigenvalue weighted by Gasteiger charge is 2.46. The van der Waals surface area contributed by atoms with Crippen molar-refractivity contribution in [2.75, 3.05) is 19.6 Å². The lowest BCUT2D eigenvalue weighted by Crippen LogP contribution is -2.56. The summed E-state index contributed by atoms with van der Waals surface area (Å²) < 4.78 is 0. The molecule has 0 aromatic carbocycles. The maximum atomic E-state index is 3.86. The largest absolute Gasteiger partial charge is 0.310 e. The Morgan fingerprint density at radius 1 is 1.00 bits per heavy atom. The van der Waals surface area contributed by atoms with Crippen molar-refractivity contribution in [3.63, 3.8) is 0 Å². The molecule has 3 rings (SSSR count). The molecular weight excluding hydrogens is 220 g/mol. The van der Waals surface area contributed by atoms with E-state index in [0.29, 0.717) is 11.1 Å². The third-order valence-corrected chi connectivity index (χ3v) is 5.83. The van der Waals surface area contributed by atoms with Gasteiger partial charge in [-0.3, -0.25) is 4.90 Å². The zero-order valence-electron chi connectivity index (χ0n) is 12.3. The Balaban J connectivity index is 1.73. The van der Waals surface area contributed by atoms with Gasteiger partial charge in [-0.05, 0) is 65.0 Å². The minimum absolute atomic E-state index is 0.400. The maximum Gasteiger partial charge on any atom is 0.0308 e. The second-order valence-corrected chi connectivity index (χ2v) is 7.45. The molecule has 1 atom stereocenters. The standard InChI is InChI=1S/C16H30N2/c1-15(9-4-3-5-10-15)18-12-6-11-17-16(2,13-18)14-7-8-14/h14,17H,3-13H2,1-2H3. The highest BCUT2D eigenvalue weighted by molar-refractivity contribution is 5.03. The summed E-state index contributed by atoms with van der Waals surface area (Å²) in [6, 6.07) is 0. The zero-order chi connectivity index (χ0) is 12.6. The van der Waals surface area contributed by atoms with Crippen LogP contribution in [-0.2, 0) is 0 Å². The van der Waals surface area contributed by atoms with Gasteiger partial charge in [-0.1, -0.05) is 19.3 Å². The molecule has 1 aliphatic heterocycles. The molecule has 0 bridgehead atoms. The van der Waals surface area contributed by atoms with Gasteiger partial charge in [0.1, 0.15) is 0 Å². The van der Waals surface area contributed by atoms with Gasteiger partial charge in [0.2, 0.25) is 0 Å². The molecule has 1 heterocycles. The van der Waals surface area contributed by atoms with E-state index >= 15 is 0 Å². The van der Waals surface area contributed by atoms with Crippen LogP contribution in [0.4, 0.5) is 0 Å². The summed E-state index contributed by atoms with van der Waals surface area (Å²) in [6.45, 7) is 8.83. The molecular formula is C16H30N2. The topological polar surface area (TPSA) is 15.3 Å². The molecule has 18 heavy (non-hydrogen) atoms. The molecule has 1 saturated heterocycles. The van der Waals surface area contributed by atoms with Gasteiger partial charge in [0.25, 0.3) is 0 Å². The average Bonchev–Trinajstić information content (AvgIpc) is 3.16. The molecule has 1 unspecified atom stereocenters. The van der Waals surface area contributed by atoms with E-state index in [2.05, 4.69) is 24.1 Å². The first-order chi connectivity index (χ1) is 8.62. The maximum absolute atomic E-state index is 3.86. The van der Waals surface area contributed by atoms with Gasteiger partial charge in [0.05, 0.1) is 0 Å².